The molecule has 2 aromatic rings. The SMILES string of the molecule is CNC(=O)COc1ccc(S(=O)(=O)N[C@@H](C)c2ccccc2)cc1Cl. The molecule has 0 fully saturated rings. The van der Waals surface area contributed by atoms with Gasteiger partial charge in [-0.3, -0.25) is 4.79 Å². The molecule has 0 aliphatic carbocycles. The van der Waals surface area contributed by atoms with E-state index in [2.05, 4.69) is 10.0 Å². The first-order valence-corrected chi connectivity index (χ1v) is 9.40. The van der Waals surface area contributed by atoms with Gasteiger partial charge in [0, 0.05) is 13.1 Å². The normalized spacial score (nSPS) is 12.4. The molecule has 2 rings (SSSR count). The number of likely N-dealkylation sites (N-methyl/N-ethyl adjacent to an activating group) is 1. The molecule has 0 heterocycles. The van der Waals surface area contributed by atoms with Crippen molar-refractivity contribution in [1.82, 2.24) is 10.0 Å². The second-order valence-electron chi connectivity index (χ2n) is 5.31. The van der Waals surface area contributed by atoms with E-state index < -0.39 is 16.1 Å². The highest BCUT2D eigenvalue weighted by Crippen LogP contribution is 2.28. The van der Waals surface area contributed by atoms with Crippen LogP contribution in [0.1, 0.15) is 18.5 Å². The van der Waals surface area contributed by atoms with Gasteiger partial charge in [0.05, 0.1) is 9.92 Å². The lowest BCUT2D eigenvalue weighted by molar-refractivity contribution is -0.122. The van der Waals surface area contributed by atoms with Crippen LogP contribution in [0.5, 0.6) is 5.75 Å². The van der Waals surface area contributed by atoms with E-state index in [-0.39, 0.29) is 28.2 Å². The molecule has 2 aromatic carbocycles. The van der Waals surface area contributed by atoms with Crippen LogP contribution in [0.2, 0.25) is 5.02 Å². The fourth-order valence-electron chi connectivity index (χ4n) is 2.09. The van der Waals surface area contributed by atoms with Gasteiger partial charge in [-0.1, -0.05) is 41.9 Å². The second-order valence-corrected chi connectivity index (χ2v) is 7.43. The maximum absolute atomic E-state index is 12.5. The number of ether oxygens (including phenoxy) is 1. The van der Waals surface area contributed by atoms with Crippen molar-refractivity contribution in [2.75, 3.05) is 13.7 Å². The molecule has 1 atom stereocenters. The predicted octanol–water partition coefficient (Wildman–Crippen LogP) is 2.50. The summed E-state index contributed by atoms with van der Waals surface area (Å²) in [6.45, 7) is 1.56. The van der Waals surface area contributed by atoms with Gasteiger partial charge in [0.25, 0.3) is 5.91 Å². The van der Waals surface area contributed by atoms with Crippen LogP contribution in [0, 0.1) is 0 Å². The topological polar surface area (TPSA) is 84.5 Å². The molecule has 0 unspecified atom stereocenters. The number of halogens is 1. The Balaban J connectivity index is 2.14. The molecule has 0 saturated carbocycles. The van der Waals surface area contributed by atoms with Crippen molar-refractivity contribution in [3.05, 3.63) is 59.1 Å². The Hall–Kier alpha value is -2.09. The molecule has 0 aliphatic heterocycles. The summed E-state index contributed by atoms with van der Waals surface area (Å²) >= 11 is 6.07. The fourth-order valence-corrected chi connectivity index (χ4v) is 3.65. The molecule has 8 heteroatoms. The first kappa shape index (κ1) is 19.2. The molecular weight excluding hydrogens is 364 g/mol. The number of nitrogens with one attached hydrogen (secondary N) is 2. The third-order valence-corrected chi connectivity index (χ3v) is 5.32. The molecule has 0 spiro atoms. The van der Waals surface area contributed by atoms with Gasteiger partial charge in [-0.2, -0.15) is 0 Å². The minimum atomic E-state index is -3.75. The summed E-state index contributed by atoms with van der Waals surface area (Å²) in [7, 11) is -2.26. The lowest BCUT2D eigenvalue weighted by atomic mass is 10.1. The highest BCUT2D eigenvalue weighted by molar-refractivity contribution is 7.89. The zero-order valence-electron chi connectivity index (χ0n) is 13.8. The highest BCUT2D eigenvalue weighted by Gasteiger charge is 2.20. The summed E-state index contributed by atoms with van der Waals surface area (Å²) in [6.07, 6.45) is 0. The van der Waals surface area contributed by atoms with Crippen LogP contribution >= 0.6 is 11.6 Å². The highest BCUT2D eigenvalue weighted by atomic mass is 35.5. The Morgan fingerprint density at radius 3 is 2.48 bits per heavy atom. The summed E-state index contributed by atoms with van der Waals surface area (Å²) in [5.41, 5.74) is 0.850. The van der Waals surface area contributed by atoms with Gasteiger partial charge >= 0.3 is 0 Å². The van der Waals surface area contributed by atoms with Gasteiger partial charge in [0.15, 0.2) is 6.61 Å². The largest absolute Gasteiger partial charge is 0.482 e. The van der Waals surface area contributed by atoms with Crippen LogP contribution in [0.15, 0.2) is 53.4 Å². The molecule has 1 amide bonds. The third kappa shape index (κ3) is 5.19. The van der Waals surface area contributed by atoms with Crippen molar-refractivity contribution in [3.63, 3.8) is 0 Å². The van der Waals surface area contributed by atoms with Gasteiger partial charge in [-0.25, -0.2) is 13.1 Å². The van der Waals surface area contributed by atoms with Crippen molar-refractivity contribution < 1.29 is 17.9 Å². The van der Waals surface area contributed by atoms with Crippen molar-refractivity contribution in [1.29, 1.82) is 0 Å². The molecule has 0 bridgehead atoms. The van der Waals surface area contributed by atoms with E-state index in [1.165, 1.54) is 25.2 Å². The maximum atomic E-state index is 12.5. The average molecular weight is 383 g/mol. The van der Waals surface area contributed by atoms with E-state index in [1.54, 1.807) is 6.92 Å². The maximum Gasteiger partial charge on any atom is 0.257 e. The van der Waals surface area contributed by atoms with E-state index >= 15 is 0 Å². The quantitative estimate of drug-likeness (QED) is 0.770. The van der Waals surface area contributed by atoms with Crippen molar-refractivity contribution in [3.8, 4) is 5.75 Å². The number of benzene rings is 2. The van der Waals surface area contributed by atoms with Gasteiger partial charge in [-0.05, 0) is 30.7 Å². The smallest absolute Gasteiger partial charge is 0.257 e. The minimum Gasteiger partial charge on any atom is -0.482 e. The van der Waals surface area contributed by atoms with Crippen molar-refractivity contribution in [2.45, 2.75) is 17.9 Å². The standard InChI is InChI=1S/C17H19ClN2O4S/c1-12(13-6-4-3-5-7-13)20-25(22,23)14-8-9-16(15(18)10-14)24-11-17(21)19-2/h3-10,12,20H,11H2,1-2H3,(H,19,21)/t12-/m0/s1. The first-order valence-electron chi connectivity index (χ1n) is 7.53. The van der Waals surface area contributed by atoms with Crippen LogP contribution in [-0.4, -0.2) is 28.0 Å². The summed E-state index contributed by atoms with van der Waals surface area (Å²) in [5.74, 6) is -0.0774. The summed E-state index contributed by atoms with van der Waals surface area (Å²) < 4.78 is 32.9. The van der Waals surface area contributed by atoms with Gasteiger partial charge in [-0.15, -0.1) is 0 Å². The van der Waals surface area contributed by atoms with Crippen LogP contribution in [-0.2, 0) is 14.8 Å². The minimum absolute atomic E-state index is 0.0209. The average Bonchev–Trinajstić information content (AvgIpc) is 2.60. The van der Waals surface area contributed by atoms with Crippen molar-refractivity contribution >= 4 is 27.5 Å². The van der Waals surface area contributed by atoms with Crippen LogP contribution in [0.4, 0.5) is 0 Å². The molecule has 0 saturated heterocycles. The van der Waals surface area contributed by atoms with E-state index in [0.29, 0.717) is 0 Å². The molecule has 0 radical (unpaired) electrons. The molecule has 0 aliphatic rings. The van der Waals surface area contributed by atoms with Crippen LogP contribution < -0.4 is 14.8 Å². The molecule has 0 aromatic heterocycles. The van der Waals surface area contributed by atoms with Gasteiger partial charge < -0.3 is 10.1 Å². The Kier molecular flexibility index (Phi) is 6.41. The van der Waals surface area contributed by atoms with E-state index in [1.807, 2.05) is 30.3 Å². The fraction of sp³-hybridized carbons (Fsp3) is 0.235. The number of carbonyl (C=O) groups excluding carboxylic acids is 1. The van der Waals surface area contributed by atoms with Crippen LogP contribution in [0.3, 0.4) is 0 Å². The van der Waals surface area contributed by atoms with Gasteiger partial charge in [0.2, 0.25) is 10.0 Å². The lowest BCUT2D eigenvalue weighted by Crippen LogP contribution is -2.27. The molecule has 25 heavy (non-hydrogen) atoms. The van der Waals surface area contributed by atoms with E-state index in [9.17, 15) is 13.2 Å². The molecule has 134 valence electrons. The van der Waals surface area contributed by atoms with E-state index in [0.717, 1.165) is 5.56 Å². The Labute approximate surface area is 152 Å². The predicted molar refractivity (Wildman–Crippen MR) is 96.2 cm³/mol. The second kappa shape index (κ2) is 8.33. The lowest BCUT2D eigenvalue weighted by Gasteiger charge is -2.15. The Morgan fingerprint density at radius 2 is 1.88 bits per heavy atom. The van der Waals surface area contributed by atoms with Gasteiger partial charge in [0.1, 0.15) is 5.75 Å². The Morgan fingerprint density at radius 1 is 1.20 bits per heavy atom. The monoisotopic (exact) mass is 382 g/mol. The summed E-state index contributed by atoms with van der Waals surface area (Å²) in [5, 5.41) is 2.52. The summed E-state index contributed by atoms with van der Waals surface area (Å²) in [6, 6.07) is 12.9. The van der Waals surface area contributed by atoms with E-state index in [4.69, 9.17) is 16.3 Å². The first-order chi connectivity index (χ1) is 11.8. The number of rotatable bonds is 7. The van der Waals surface area contributed by atoms with Crippen LogP contribution in [0.25, 0.3) is 0 Å². The summed E-state index contributed by atoms with van der Waals surface area (Å²) in [4.78, 5) is 11.2. The zero-order valence-corrected chi connectivity index (χ0v) is 15.4. The number of amides is 1. The number of hydrogen-bond acceptors (Lipinski definition) is 4. The van der Waals surface area contributed by atoms with Crippen molar-refractivity contribution in [2.24, 2.45) is 0 Å². The Bertz CT molecular complexity index is 841. The zero-order chi connectivity index (χ0) is 18.4. The molecular formula is C17H19ClN2O4S. The third-order valence-electron chi connectivity index (χ3n) is 3.48. The number of sulfonamides is 1. The molecule has 6 nitrogen and oxygen atoms in total. The number of hydrogen-bond donors (Lipinski definition) is 2. The molecule has 2 N–H and O–H groups in total. The number of carbonyl (C=O) groups is 1.